The number of alkyl halides is 2. The van der Waals surface area contributed by atoms with Gasteiger partial charge in [-0.25, -0.2) is 13.6 Å². The van der Waals surface area contributed by atoms with Gasteiger partial charge in [-0.1, -0.05) is 6.58 Å². The molecule has 8 heteroatoms. The molecule has 0 aliphatic carbocycles. The molecule has 0 unspecified atom stereocenters. The third-order valence-electron chi connectivity index (χ3n) is 2.10. The van der Waals surface area contributed by atoms with Crippen LogP contribution in [0.5, 0.6) is 0 Å². The summed E-state index contributed by atoms with van der Waals surface area (Å²) in [5.41, 5.74) is 0.168. The van der Waals surface area contributed by atoms with Gasteiger partial charge in [0.15, 0.2) is 0 Å². The molecule has 0 bridgehead atoms. The molecule has 0 radical (unpaired) electrons. The Morgan fingerprint density at radius 2 is 1.55 bits per heavy atom. The number of carbonyl (C=O) groups excluding carboxylic acids is 3. The highest BCUT2D eigenvalue weighted by atomic mass is 19.3. The Morgan fingerprint density at radius 3 is 2.05 bits per heavy atom. The molecular weight excluding hydrogens is 302 g/mol. The van der Waals surface area contributed by atoms with Crippen molar-refractivity contribution in [2.75, 3.05) is 13.2 Å². The minimum Gasteiger partial charge on any atom is -0.463 e. The molecule has 0 aromatic carbocycles. The van der Waals surface area contributed by atoms with Gasteiger partial charge < -0.3 is 14.2 Å². The first-order chi connectivity index (χ1) is 10.0. The van der Waals surface area contributed by atoms with E-state index in [2.05, 4.69) is 20.8 Å². The molecule has 0 rings (SSSR count). The quantitative estimate of drug-likeness (QED) is 0.280. The van der Waals surface area contributed by atoms with Crippen molar-refractivity contribution in [1.82, 2.24) is 0 Å². The van der Waals surface area contributed by atoms with Gasteiger partial charge in [-0.2, -0.15) is 0 Å². The number of halogens is 2. The number of rotatable bonds is 9. The van der Waals surface area contributed by atoms with Gasteiger partial charge in [0.25, 0.3) is 5.92 Å². The van der Waals surface area contributed by atoms with Crippen LogP contribution in [0, 0.1) is 0 Å². The minimum atomic E-state index is -3.56. The van der Waals surface area contributed by atoms with Gasteiger partial charge in [0, 0.05) is 5.57 Å². The van der Waals surface area contributed by atoms with E-state index in [-0.39, 0.29) is 18.8 Å². The molecule has 0 aliphatic heterocycles. The Morgan fingerprint density at radius 1 is 1.05 bits per heavy atom. The number of hydrogen-bond acceptors (Lipinski definition) is 6. The maximum atomic E-state index is 13.4. The summed E-state index contributed by atoms with van der Waals surface area (Å²) >= 11 is 0. The van der Waals surface area contributed by atoms with Crippen LogP contribution in [-0.4, -0.2) is 43.1 Å². The molecule has 0 saturated heterocycles. The fraction of sp³-hybridized carbons (Fsp3) is 0.643. The molecule has 0 amide bonds. The fourth-order valence-electron chi connectivity index (χ4n) is 1.25. The molecule has 0 N–H and O–H groups in total. The summed E-state index contributed by atoms with van der Waals surface area (Å²) in [5, 5.41) is 0. The molecule has 0 spiro atoms. The van der Waals surface area contributed by atoms with Crippen molar-refractivity contribution < 1.29 is 37.4 Å². The van der Waals surface area contributed by atoms with Crippen LogP contribution in [0.3, 0.4) is 0 Å². The third-order valence-corrected chi connectivity index (χ3v) is 2.10. The van der Waals surface area contributed by atoms with E-state index < -0.39 is 42.8 Å². The average molecular weight is 322 g/mol. The maximum absolute atomic E-state index is 13.4. The zero-order valence-corrected chi connectivity index (χ0v) is 12.8. The number of carbonyl (C=O) groups is 3. The van der Waals surface area contributed by atoms with Crippen LogP contribution in [0.1, 0.15) is 33.6 Å². The predicted octanol–water partition coefficient (Wildman–Crippen LogP) is 2.02. The Hall–Kier alpha value is -1.99. The van der Waals surface area contributed by atoms with Gasteiger partial charge in [-0.3, -0.25) is 9.59 Å². The molecule has 0 aromatic heterocycles. The van der Waals surface area contributed by atoms with Crippen LogP contribution in [0.4, 0.5) is 8.78 Å². The van der Waals surface area contributed by atoms with Crippen LogP contribution in [0.2, 0.25) is 0 Å². The van der Waals surface area contributed by atoms with E-state index in [0.29, 0.717) is 0 Å². The lowest BCUT2D eigenvalue weighted by Gasteiger charge is -2.16. The number of hydrogen-bond donors (Lipinski definition) is 0. The number of ether oxygens (including phenoxy) is 3. The van der Waals surface area contributed by atoms with E-state index in [1.54, 1.807) is 0 Å². The molecule has 0 heterocycles. The Kier molecular flexibility index (Phi) is 8.29. The van der Waals surface area contributed by atoms with E-state index in [0.717, 1.165) is 0 Å². The Labute approximate surface area is 127 Å². The van der Waals surface area contributed by atoms with Crippen molar-refractivity contribution in [3.8, 4) is 0 Å². The van der Waals surface area contributed by atoms with E-state index >= 15 is 0 Å². The van der Waals surface area contributed by atoms with Crippen molar-refractivity contribution in [2.45, 2.75) is 45.6 Å². The SMILES string of the molecule is C=C(C)C(=O)OCCOC(=O)CC(F)(F)CC(=O)OC(C)C. The van der Waals surface area contributed by atoms with Gasteiger partial charge in [0.1, 0.15) is 26.1 Å². The molecule has 0 fully saturated rings. The zero-order chi connectivity index (χ0) is 17.3. The van der Waals surface area contributed by atoms with Gasteiger partial charge in [0.05, 0.1) is 6.10 Å². The standard InChI is InChI=1S/C14H20F2O6/c1-9(2)13(19)21-6-5-20-11(17)7-14(15,16)8-12(18)22-10(3)4/h10H,1,5-8H2,2-4H3. The lowest BCUT2D eigenvalue weighted by molar-refractivity contribution is -0.163. The molecule has 6 nitrogen and oxygen atoms in total. The first-order valence-corrected chi connectivity index (χ1v) is 6.59. The summed E-state index contributed by atoms with van der Waals surface area (Å²) in [6.45, 7) is 7.20. The van der Waals surface area contributed by atoms with Crippen molar-refractivity contribution in [3.05, 3.63) is 12.2 Å². The van der Waals surface area contributed by atoms with Crippen LogP contribution in [0.15, 0.2) is 12.2 Å². The zero-order valence-electron chi connectivity index (χ0n) is 12.8. The Balaban J connectivity index is 4.05. The van der Waals surface area contributed by atoms with Crippen molar-refractivity contribution in [3.63, 3.8) is 0 Å². The molecule has 0 aromatic rings. The second-order valence-electron chi connectivity index (χ2n) is 4.88. The summed E-state index contributed by atoms with van der Waals surface area (Å²) in [7, 11) is 0. The van der Waals surface area contributed by atoms with Gasteiger partial charge in [-0.05, 0) is 20.8 Å². The lowest BCUT2D eigenvalue weighted by atomic mass is 10.2. The highest BCUT2D eigenvalue weighted by Gasteiger charge is 2.36. The smallest absolute Gasteiger partial charge is 0.333 e. The molecule has 22 heavy (non-hydrogen) atoms. The topological polar surface area (TPSA) is 78.9 Å². The number of esters is 3. The van der Waals surface area contributed by atoms with E-state index in [4.69, 9.17) is 0 Å². The average Bonchev–Trinajstić information content (AvgIpc) is 2.31. The van der Waals surface area contributed by atoms with Crippen LogP contribution < -0.4 is 0 Å². The van der Waals surface area contributed by atoms with Crippen molar-refractivity contribution in [2.24, 2.45) is 0 Å². The molecular formula is C14H20F2O6. The fourth-order valence-corrected chi connectivity index (χ4v) is 1.25. The molecule has 0 atom stereocenters. The van der Waals surface area contributed by atoms with Crippen molar-refractivity contribution >= 4 is 17.9 Å². The van der Waals surface area contributed by atoms with E-state index in [9.17, 15) is 23.2 Å². The third kappa shape index (κ3) is 9.84. The second-order valence-corrected chi connectivity index (χ2v) is 4.88. The largest absolute Gasteiger partial charge is 0.463 e. The van der Waals surface area contributed by atoms with E-state index in [1.165, 1.54) is 20.8 Å². The Bertz CT molecular complexity index is 431. The summed E-state index contributed by atoms with van der Waals surface area (Å²) in [5.74, 6) is -6.52. The van der Waals surface area contributed by atoms with Crippen molar-refractivity contribution in [1.29, 1.82) is 0 Å². The van der Waals surface area contributed by atoms with Gasteiger partial charge in [-0.15, -0.1) is 0 Å². The molecule has 0 aliphatic rings. The summed E-state index contributed by atoms with van der Waals surface area (Å²) in [4.78, 5) is 33.4. The second kappa shape index (κ2) is 9.11. The monoisotopic (exact) mass is 322 g/mol. The maximum Gasteiger partial charge on any atom is 0.333 e. The normalized spacial score (nSPS) is 11.0. The van der Waals surface area contributed by atoms with Crippen LogP contribution in [0.25, 0.3) is 0 Å². The lowest BCUT2D eigenvalue weighted by Crippen LogP contribution is -2.28. The minimum absolute atomic E-state index is 0.168. The first kappa shape index (κ1) is 20.0. The first-order valence-electron chi connectivity index (χ1n) is 6.59. The summed E-state index contributed by atoms with van der Waals surface area (Å²) in [6, 6.07) is 0. The van der Waals surface area contributed by atoms with Crippen LogP contribution in [-0.2, 0) is 28.6 Å². The predicted molar refractivity (Wildman–Crippen MR) is 72.1 cm³/mol. The van der Waals surface area contributed by atoms with Gasteiger partial charge in [0.2, 0.25) is 0 Å². The van der Waals surface area contributed by atoms with Crippen LogP contribution >= 0.6 is 0 Å². The molecule has 0 saturated carbocycles. The summed E-state index contributed by atoms with van der Waals surface area (Å²) in [6.07, 6.45) is -2.97. The highest BCUT2D eigenvalue weighted by Crippen LogP contribution is 2.24. The van der Waals surface area contributed by atoms with Gasteiger partial charge >= 0.3 is 17.9 Å². The van der Waals surface area contributed by atoms with E-state index in [1.807, 2.05) is 0 Å². The highest BCUT2D eigenvalue weighted by molar-refractivity contribution is 5.86. The molecule has 126 valence electrons. The summed E-state index contributed by atoms with van der Waals surface area (Å²) < 4.78 is 40.5.